The van der Waals surface area contributed by atoms with Crippen LogP contribution in [0.1, 0.15) is 33.1 Å². The average molecular weight is 157 g/mol. The van der Waals surface area contributed by atoms with Crippen molar-refractivity contribution in [3.63, 3.8) is 0 Å². The van der Waals surface area contributed by atoms with Crippen LogP contribution in [0.5, 0.6) is 0 Å². The van der Waals surface area contributed by atoms with Gasteiger partial charge in [0.2, 0.25) is 0 Å². The second-order valence-corrected chi connectivity index (χ2v) is 2.50. The lowest BCUT2D eigenvalue weighted by Gasteiger charge is -2.00. The standard InChI is InChI=1S/C8H19N3/c1-3-5-6-7-11-8(9)10-4-2/h3-7H2,1-2H3,(H3,9,10,11). The zero-order chi connectivity index (χ0) is 8.53. The van der Waals surface area contributed by atoms with Crippen LogP contribution in [0.4, 0.5) is 0 Å². The van der Waals surface area contributed by atoms with Crippen LogP contribution in [-0.2, 0) is 0 Å². The van der Waals surface area contributed by atoms with E-state index in [1.165, 1.54) is 12.8 Å². The van der Waals surface area contributed by atoms with Crippen LogP contribution < -0.4 is 11.1 Å². The summed E-state index contributed by atoms with van der Waals surface area (Å²) >= 11 is 0. The van der Waals surface area contributed by atoms with Crippen molar-refractivity contribution >= 4 is 5.96 Å². The fourth-order valence-electron chi connectivity index (χ4n) is 0.798. The first kappa shape index (κ1) is 10.3. The lowest BCUT2D eigenvalue weighted by atomic mass is 10.2. The molecule has 0 aromatic rings. The molecule has 0 radical (unpaired) electrons. The summed E-state index contributed by atoms with van der Waals surface area (Å²) in [5, 5.41) is 2.95. The molecule has 0 bridgehead atoms. The Morgan fingerprint density at radius 1 is 1.36 bits per heavy atom. The number of nitrogens with zero attached hydrogens (tertiary/aromatic N) is 1. The summed E-state index contributed by atoms with van der Waals surface area (Å²) in [4.78, 5) is 4.13. The number of hydrogen-bond acceptors (Lipinski definition) is 1. The smallest absolute Gasteiger partial charge is 0.188 e. The molecule has 0 heterocycles. The van der Waals surface area contributed by atoms with Crippen molar-refractivity contribution in [2.45, 2.75) is 33.1 Å². The predicted molar refractivity (Wildman–Crippen MR) is 49.7 cm³/mol. The molecular formula is C8H19N3. The van der Waals surface area contributed by atoms with Gasteiger partial charge in [0.25, 0.3) is 0 Å². The van der Waals surface area contributed by atoms with E-state index in [4.69, 9.17) is 5.73 Å². The highest BCUT2D eigenvalue weighted by atomic mass is 15.1. The molecule has 0 aliphatic rings. The van der Waals surface area contributed by atoms with Crippen molar-refractivity contribution in [2.75, 3.05) is 13.1 Å². The summed E-state index contributed by atoms with van der Waals surface area (Å²) < 4.78 is 0. The predicted octanol–water partition coefficient (Wildman–Crippen LogP) is 1.10. The molecule has 11 heavy (non-hydrogen) atoms. The van der Waals surface area contributed by atoms with Crippen molar-refractivity contribution in [3.05, 3.63) is 0 Å². The van der Waals surface area contributed by atoms with Gasteiger partial charge in [0.05, 0.1) is 0 Å². The van der Waals surface area contributed by atoms with Gasteiger partial charge in [-0.25, -0.2) is 0 Å². The van der Waals surface area contributed by atoms with Crippen molar-refractivity contribution in [1.82, 2.24) is 5.32 Å². The Bertz CT molecular complexity index is 110. The van der Waals surface area contributed by atoms with E-state index in [-0.39, 0.29) is 0 Å². The number of unbranched alkanes of at least 4 members (excludes halogenated alkanes) is 2. The van der Waals surface area contributed by atoms with Crippen molar-refractivity contribution < 1.29 is 0 Å². The van der Waals surface area contributed by atoms with E-state index < -0.39 is 0 Å². The Kier molecular flexibility index (Phi) is 6.89. The highest BCUT2D eigenvalue weighted by Crippen LogP contribution is 1.92. The molecule has 0 amide bonds. The minimum absolute atomic E-state index is 0.573. The lowest BCUT2D eigenvalue weighted by molar-refractivity contribution is 0.724. The molecule has 0 unspecified atom stereocenters. The van der Waals surface area contributed by atoms with E-state index in [2.05, 4.69) is 17.2 Å². The normalized spacial score (nSPS) is 11.6. The van der Waals surface area contributed by atoms with E-state index >= 15 is 0 Å². The molecule has 0 aromatic heterocycles. The van der Waals surface area contributed by atoms with E-state index in [0.717, 1.165) is 19.5 Å². The lowest BCUT2D eigenvalue weighted by Crippen LogP contribution is -2.31. The number of guanidine groups is 1. The van der Waals surface area contributed by atoms with Crippen molar-refractivity contribution in [2.24, 2.45) is 10.7 Å². The van der Waals surface area contributed by atoms with Crippen LogP contribution in [0.2, 0.25) is 0 Å². The second-order valence-electron chi connectivity index (χ2n) is 2.50. The molecule has 0 spiro atoms. The minimum atomic E-state index is 0.573. The van der Waals surface area contributed by atoms with Gasteiger partial charge >= 0.3 is 0 Å². The number of nitrogens with two attached hydrogens (primary N) is 1. The zero-order valence-corrected chi connectivity index (χ0v) is 7.56. The third-order valence-corrected chi connectivity index (χ3v) is 1.40. The first-order valence-electron chi connectivity index (χ1n) is 4.35. The summed E-state index contributed by atoms with van der Waals surface area (Å²) in [5.41, 5.74) is 5.51. The monoisotopic (exact) mass is 157 g/mol. The number of nitrogens with one attached hydrogen (secondary N) is 1. The summed E-state index contributed by atoms with van der Waals surface area (Å²) in [7, 11) is 0. The third kappa shape index (κ3) is 7.16. The maximum absolute atomic E-state index is 5.51. The Hall–Kier alpha value is -0.730. The van der Waals surface area contributed by atoms with Gasteiger partial charge < -0.3 is 11.1 Å². The summed E-state index contributed by atoms with van der Waals surface area (Å²) in [6.45, 7) is 5.89. The van der Waals surface area contributed by atoms with Crippen LogP contribution in [0.25, 0.3) is 0 Å². The molecule has 0 aromatic carbocycles. The topological polar surface area (TPSA) is 50.4 Å². The van der Waals surface area contributed by atoms with Gasteiger partial charge in [-0.2, -0.15) is 0 Å². The molecule has 0 rings (SSSR count). The van der Waals surface area contributed by atoms with Crippen LogP contribution in [-0.4, -0.2) is 19.0 Å². The Morgan fingerprint density at radius 2 is 2.09 bits per heavy atom. The summed E-state index contributed by atoms with van der Waals surface area (Å²) in [5.74, 6) is 0.573. The maximum atomic E-state index is 5.51. The molecule has 3 nitrogen and oxygen atoms in total. The molecule has 3 heteroatoms. The molecule has 0 atom stereocenters. The van der Waals surface area contributed by atoms with Crippen LogP contribution in [0.3, 0.4) is 0 Å². The molecule has 0 aliphatic carbocycles. The third-order valence-electron chi connectivity index (χ3n) is 1.40. The number of aliphatic imine (C=N–C) groups is 1. The van der Waals surface area contributed by atoms with E-state index in [1.54, 1.807) is 0 Å². The Labute approximate surface area is 69.1 Å². The molecule has 0 saturated carbocycles. The van der Waals surface area contributed by atoms with Gasteiger partial charge in [-0.1, -0.05) is 19.8 Å². The highest BCUT2D eigenvalue weighted by Gasteiger charge is 1.86. The second kappa shape index (κ2) is 7.38. The fraction of sp³-hybridized carbons (Fsp3) is 0.875. The first-order chi connectivity index (χ1) is 5.31. The molecular weight excluding hydrogens is 138 g/mol. The molecule has 3 N–H and O–H groups in total. The fourth-order valence-corrected chi connectivity index (χ4v) is 0.798. The maximum Gasteiger partial charge on any atom is 0.188 e. The first-order valence-corrected chi connectivity index (χ1v) is 4.35. The summed E-state index contributed by atoms with van der Waals surface area (Å²) in [6.07, 6.45) is 3.61. The molecule has 66 valence electrons. The SMILES string of the molecule is CCCCCN=C(N)NCC. The van der Waals surface area contributed by atoms with Gasteiger partial charge in [0, 0.05) is 13.1 Å². The average Bonchev–Trinajstić information content (AvgIpc) is 1.99. The minimum Gasteiger partial charge on any atom is -0.370 e. The van der Waals surface area contributed by atoms with Gasteiger partial charge in [-0.3, -0.25) is 4.99 Å². The number of hydrogen-bond donors (Lipinski definition) is 2. The Morgan fingerprint density at radius 3 is 2.64 bits per heavy atom. The van der Waals surface area contributed by atoms with Crippen molar-refractivity contribution in [1.29, 1.82) is 0 Å². The molecule has 0 aliphatic heterocycles. The van der Waals surface area contributed by atoms with Gasteiger partial charge in [-0.05, 0) is 13.3 Å². The Balaban J connectivity index is 3.24. The van der Waals surface area contributed by atoms with Crippen molar-refractivity contribution in [3.8, 4) is 0 Å². The van der Waals surface area contributed by atoms with E-state index in [1.807, 2.05) is 6.92 Å². The molecule has 0 saturated heterocycles. The zero-order valence-electron chi connectivity index (χ0n) is 7.56. The quantitative estimate of drug-likeness (QED) is 0.357. The molecule has 0 fully saturated rings. The van der Waals surface area contributed by atoms with E-state index in [0.29, 0.717) is 5.96 Å². The van der Waals surface area contributed by atoms with Crippen LogP contribution >= 0.6 is 0 Å². The van der Waals surface area contributed by atoms with Gasteiger partial charge in [0.1, 0.15) is 0 Å². The van der Waals surface area contributed by atoms with Gasteiger partial charge in [-0.15, -0.1) is 0 Å². The highest BCUT2D eigenvalue weighted by molar-refractivity contribution is 5.77. The van der Waals surface area contributed by atoms with Gasteiger partial charge in [0.15, 0.2) is 5.96 Å². The summed E-state index contributed by atoms with van der Waals surface area (Å²) in [6, 6.07) is 0. The largest absolute Gasteiger partial charge is 0.370 e. The van der Waals surface area contributed by atoms with Crippen LogP contribution in [0, 0.1) is 0 Å². The van der Waals surface area contributed by atoms with Crippen LogP contribution in [0.15, 0.2) is 4.99 Å². The van der Waals surface area contributed by atoms with E-state index in [9.17, 15) is 0 Å². The number of rotatable bonds is 5.